The van der Waals surface area contributed by atoms with Crippen molar-refractivity contribution in [2.45, 2.75) is 13.0 Å². The van der Waals surface area contributed by atoms with Crippen molar-refractivity contribution in [1.29, 1.82) is 0 Å². The van der Waals surface area contributed by atoms with Gasteiger partial charge in [-0.05, 0) is 23.8 Å². The van der Waals surface area contributed by atoms with Gasteiger partial charge in [0.05, 0.1) is 17.0 Å². The van der Waals surface area contributed by atoms with Crippen molar-refractivity contribution < 1.29 is 14.3 Å². The maximum Gasteiger partial charge on any atom is 0.252 e. The zero-order valence-electron chi connectivity index (χ0n) is 11.2. The third kappa shape index (κ3) is 4.71. The van der Waals surface area contributed by atoms with Crippen LogP contribution in [0, 0.1) is 17.7 Å². The van der Waals surface area contributed by atoms with Gasteiger partial charge >= 0.3 is 0 Å². The normalized spacial score (nSPS) is 9.81. The van der Waals surface area contributed by atoms with Gasteiger partial charge in [0.1, 0.15) is 5.82 Å². The van der Waals surface area contributed by atoms with Crippen molar-refractivity contribution in [2.75, 3.05) is 6.61 Å². The Labute approximate surface area is 126 Å². The number of hydrogen-bond acceptors (Lipinski definition) is 3. The molecule has 1 heterocycles. The molecule has 0 aliphatic carbocycles. The van der Waals surface area contributed by atoms with Crippen LogP contribution in [0.4, 0.5) is 4.39 Å². The molecule has 0 fully saturated rings. The Morgan fingerprint density at radius 2 is 2.24 bits per heavy atom. The summed E-state index contributed by atoms with van der Waals surface area (Å²) < 4.78 is 13.0. The van der Waals surface area contributed by atoms with Gasteiger partial charge in [-0.2, -0.15) is 0 Å². The Balaban J connectivity index is 1.93. The van der Waals surface area contributed by atoms with Crippen molar-refractivity contribution in [2.24, 2.45) is 0 Å². The number of halogens is 1. The average molecular weight is 303 g/mol. The summed E-state index contributed by atoms with van der Waals surface area (Å²) in [6.45, 7) is 0.303. The van der Waals surface area contributed by atoms with Gasteiger partial charge in [0.15, 0.2) is 0 Å². The Morgan fingerprint density at radius 3 is 3.00 bits per heavy atom. The van der Waals surface area contributed by atoms with Crippen LogP contribution in [0.2, 0.25) is 0 Å². The summed E-state index contributed by atoms with van der Waals surface area (Å²) in [6.07, 6.45) is 0.416. The van der Waals surface area contributed by atoms with Gasteiger partial charge in [-0.3, -0.25) is 4.79 Å². The molecule has 0 bridgehead atoms. The lowest BCUT2D eigenvalue weighted by Crippen LogP contribution is -2.22. The minimum Gasteiger partial charge on any atom is -0.395 e. The first-order chi connectivity index (χ1) is 10.2. The second-order valence-electron chi connectivity index (χ2n) is 4.29. The molecule has 0 aliphatic rings. The molecule has 1 amide bonds. The van der Waals surface area contributed by atoms with E-state index in [1.54, 1.807) is 23.6 Å². The summed E-state index contributed by atoms with van der Waals surface area (Å²) in [5, 5.41) is 13.1. The van der Waals surface area contributed by atoms with Crippen LogP contribution in [0.3, 0.4) is 0 Å². The van der Waals surface area contributed by atoms with Crippen LogP contribution in [0.5, 0.6) is 0 Å². The average Bonchev–Trinajstić information content (AvgIpc) is 2.94. The van der Waals surface area contributed by atoms with Crippen LogP contribution < -0.4 is 5.32 Å². The largest absolute Gasteiger partial charge is 0.395 e. The summed E-state index contributed by atoms with van der Waals surface area (Å²) in [4.78, 5) is 12.7. The van der Waals surface area contributed by atoms with E-state index in [2.05, 4.69) is 17.2 Å². The molecular weight excluding hydrogens is 289 g/mol. The van der Waals surface area contributed by atoms with Crippen molar-refractivity contribution in [3.8, 4) is 11.8 Å². The highest BCUT2D eigenvalue weighted by Gasteiger charge is 2.07. The monoisotopic (exact) mass is 303 g/mol. The molecule has 0 saturated carbocycles. The Morgan fingerprint density at radius 1 is 1.38 bits per heavy atom. The van der Waals surface area contributed by atoms with Crippen molar-refractivity contribution in [3.05, 3.63) is 57.5 Å². The minimum atomic E-state index is -0.321. The van der Waals surface area contributed by atoms with E-state index < -0.39 is 0 Å². The molecule has 3 nitrogen and oxygen atoms in total. The lowest BCUT2D eigenvalue weighted by atomic mass is 10.2. The Kier molecular flexibility index (Phi) is 5.50. The summed E-state index contributed by atoms with van der Waals surface area (Å²) >= 11 is 1.38. The van der Waals surface area contributed by atoms with Gasteiger partial charge in [-0.15, -0.1) is 11.3 Å². The van der Waals surface area contributed by atoms with Crippen LogP contribution in [0.25, 0.3) is 0 Å². The van der Waals surface area contributed by atoms with Gasteiger partial charge in [0.25, 0.3) is 5.91 Å². The van der Waals surface area contributed by atoms with E-state index in [-0.39, 0.29) is 24.9 Å². The first-order valence-corrected chi connectivity index (χ1v) is 7.28. The summed E-state index contributed by atoms with van der Waals surface area (Å²) in [5.41, 5.74) is 1.24. The number of carbonyl (C=O) groups excluding carboxylic acids is 1. The van der Waals surface area contributed by atoms with E-state index >= 15 is 0 Å². The van der Waals surface area contributed by atoms with E-state index in [1.807, 2.05) is 0 Å². The van der Waals surface area contributed by atoms with Crippen LogP contribution >= 0.6 is 11.3 Å². The second-order valence-corrected chi connectivity index (χ2v) is 5.20. The predicted octanol–water partition coefficient (Wildman–Crippen LogP) is 2.55. The van der Waals surface area contributed by atoms with Crippen LogP contribution in [0.15, 0.2) is 35.7 Å². The molecule has 0 unspecified atom stereocenters. The smallest absolute Gasteiger partial charge is 0.252 e. The highest BCUT2D eigenvalue weighted by Crippen LogP contribution is 2.13. The molecule has 2 aromatic rings. The van der Waals surface area contributed by atoms with Gasteiger partial charge in [-0.1, -0.05) is 24.0 Å². The van der Waals surface area contributed by atoms with Gasteiger partial charge in [0.2, 0.25) is 0 Å². The fraction of sp³-hybridized carbons (Fsp3) is 0.188. The lowest BCUT2D eigenvalue weighted by Gasteiger charge is -2.03. The van der Waals surface area contributed by atoms with Crippen molar-refractivity contribution >= 4 is 17.2 Å². The number of thiophene rings is 1. The SMILES string of the molecule is O=C(NCc1cccc(F)c1)c1csc(C#CCCO)c1. The Bertz CT molecular complexity index is 685. The van der Waals surface area contributed by atoms with E-state index in [1.165, 1.54) is 23.5 Å². The zero-order chi connectivity index (χ0) is 15.1. The van der Waals surface area contributed by atoms with Crippen molar-refractivity contribution in [1.82, 2.24) is 5.32 Å². The number of hydrogen-bond donors (Lipinski definition) is 2. The highest BCUT2D eigenvalue weighted by atomic mass is 32.1. The molecular formula is C16H14FNO2S. The molecule has 21 heavy (non-hydrogen) atoms. The molecule has 2 N–H and O–H groups in total. The molecule has 5 heteroatoms. The fourth-order valence-corrected chi connectivity index (χ4v) is 2.41. The number of nitrogens with one attached hydrogen (secondary N) is 1. The third-order valence-electron chi connectivity index (χ3n) is 2.65. The number of benzene rings is 1. The molecule has 1 aromatic carbocycles. The topological polar surface area (TPSA) is 49.3 Å². The van der Waals surface area contributed by atoms with E-state index in [4.69, 9.17) is 5.11 Å². The minimum absolute atomic E-state index is 0.0271. The fourth-order valence-electron chi connectivity index (χ4n) is 1.66. The first kappa shape index (κ1) is 15.2. The van der Waals surface area contributed by atoms with Crippen LogP contribution in [-0.2, 0) is 6.54 Å². The van der Waals surface area contributed by atoms with E-state index in [9.17, 15) is 9.18 Å². The maximum atomic E-state index is 13.0. The first-order valence-electron chi connectivity index (χ1n) is 6.40. The molecule has 0 spiro atoms. The Hall–Kier alpha value is -2.16. The summed E-state index contributed by atoms with van der Waals surface area (Å²) in [7, 11) is 0. The van der Waals surface area contributed by atoms with Gasteiger partial charge < -0.3 is 10.4 Å². The molecule has 0 atom stereocenters. The summed E-state index contributed by atoms with van der Waals surface area (Å²) in [6, 6.07) is 7.82. The maximum absolute atomic E-state index is 13.0. The third-order valence-corrected chi connectivity index (χ3v) is 3.50. The lowest BCUT2D eigenvalue weighted by molar-refractivity contribution is 0.0951. The van der Waals surface area contributed by atoms with Crippen molar-refractivity contribution in [3.63, 3.8) is 0 Å². The quantitative estimate of drug-likeness (QED) is 0.853. The highest BCUT2D eigenvalue weighted by molar-refractivity contribution is 7.10. The molecule has 1 aromatic heterocycles. The molecule has 0 aliphatic heterocycles. The molecule has 2 rings (SSSR count). The van der Waals surface area contributed by atoms with Gasteiger partial charge in [-0.25, -0.2) is 4.39 Å². The standard InChI is InChI=1S/C16H14FNO2S/c17-14-5-3-4-12(8-14)10-18-16(20)13-9-15(21-11-13)6-1-2-7-19/h3-5,8-9,11,19H,2,7,10H2,(H,18,20). The predicted molar refractivity (Wildman–Crippen MR) is 80.5 cm³/mol. The molecule has 0 radical (unpaired) electrons. The molecule has 108 valence electrons. The number of carbonyl (C=O) groups is 1. The van der Waals surface area contributed by atoms with E-state index in [0.29, 0.717) is 17.5 Å². The molecule has 0 saturated heterocycles. The van der Waals surface area contributed by atoms with Gasteiger partial charge in [0, 0.05) is 18.3 Å². The number of aliphatic hydroxyl groups is 1. The van der Waals surface area contributed by atoms with Crippen LogP contribution in [-0.4, -0.2) is 17.6 Å². The van der Waals surface area contributed by atoms with E-state index in [0.717, 1.165) is 4.88 Å². The number of amides is 1. The summed E-state index contributed by atoms with van der Waals surface area (Å²) in [5.74, 6) is 5.15. The zero-order valence-corrected chi connectivity index (χ0v) is 12.0. The number of rotatable bonds is 4. The van der Waals surface area contributed by atoms with Crippen LogP contribution in [0.1, 0.15) is 27.2 Å². The number of aliphatic hydroxyl groups excluding tert-OH is 1. The second kappa shape index (κ2) is 7.58.